The first kappa shape index (κ1) is 22.0. The molecule has 7 nitrogen and oxygen atoms in total. The molecule has 0 saturated carbocycles. The number of ether oxygens (including phenoxy) is 2. The van der Waals surface area contributed by atoms with Crippen molar-refractivity contribution in [1.82, 2.24) is 10.3 Å². The molecule has 1 aromatic carbocycles. The summed E-state index contributed by atoms with van der Waals surface area (Å²) in [6, 6.07) is 4.81. The van der Waals surface area contributed by atoms with E-state index in [0.29, 0.717) is 30.6 Å². The van der Waals surface area contributed by atoms with Crippen LogP contribution in [0, 0.1) is 24.0 Å². The summed E-state index contributed by atoms with van der Waals surface area (Å²) in [5.41, 5.74) is 0.222. The van der Waals surface area contributed by atoms with Gasteiger partial charge in [-0.2, -0.15) is 0 Å². The largest absolute Gasteiger partial charge is 0.465 e. The zero-order chi connectivity index (χ0) is 22.6. The highest BCUT2D eigenvalue weighted by Crippen LogP contribution is 2.31. The summed E-state index contributed by atoms with van der Waals surface area (Å²) in [6.07, 6.45) is 7.68. The maximum Gasteiger partial charge on any atom is 0.408 e. The molecule has 1 aliphatic heterocycles. The number of esters is 1. The van der Waals surface area contributed by atoms with Crippen LogP contribution in [0.3, 0.4) is 0 Å². The van der Waals surface area contributed by atoms with Crippen molar-refractivity contribution in [2.45, 2.75) is 18.4 Å². The smallest absolute Gasteiger partial charge is 0.408 e. The van der Waals surface area contributed by atoms with Gasteiger partial charge in [-0.3, -0.25) is 4.98 Å². The maximum absolute atomic E-state index is 13.7. The van der Waals surface area contributed by atoms with Crippen LogP contribution in [0.4, 0.5) is 19.3 Å². The Kier molecular flexibility index (Phi) is 6.39. The minimum atomic E-state index is -1.02. The third-order valence-electron chi connectivity index (χ3n) is 5.14. The zero-order valence-electron chi connectivity index (χ0n) is 17.1. The molecule has 2 heterocycles. The van der Waals surface area contributed by atoms with Gasteiger partial charge in [-0.15, -0.1) is 6.42 Å². The number of nitrogens with zero attached hydrogens (tertiary/aromatic N) is 2. The quantitative estimate of drug-likeness (QED) is 0.594. The summed E-state index contributed by atoms with van der Waals surface area (Å²) < 4.78 is 36.5. The molecule has 0 spiro atoms. The van der Waals surface area contributed by atoms with Crippen LogP contribution >= 0.6 is 0 Å². The number of pyridine rings is 1. The number of hydrogen-bond acceptors (Lipinski definition) is 6. The number of amides is 1. The van der Waals surface area contributed by atoms with Crippen LogP contribution in [-0.2, 0) is 9.47 Å². The number of aromatic nitrogens is 1. The van der Waals surface area contributed by atoms with Gasteiger partial charge in [-0.05, 0) is 37.1 Å². The number of halogens is 2. The standard InChI is InChI=1S/C22H21F2N3O4/c1-4-22(26-21(29)31-3)8-5-9-27(13-22)19-12-25-18(11-15(19)20(28)30-2)14-6-7-16(23)17(24)10-14/h1,6-7,10-12H,5,8-9,13H2,2-3H3,(H,26,29). The van der Waals surface area contributed by atoms with E-state index in [-0.39, 0.29) is 17.8 Å². The van der Waals surface area contributed by atoms with E-state index < -0.39 is 29.2 Å². The van der Waals surface area contributed by atoms with Gasteiger partial charge >= 0.3 is 12.1 Å². The van der Waals surface area contributed by atoms with E-state index in [1.54, 1.807) is 0 Å². The first-order valence-corrected chi connectivity index (χ1v) is 9.45. The van der Waals surface area contributed by atoms with E-state index in [1.165, 1.54) is 32.5 Å². The number of nitrogens with one attached hydrogen (secondary N) is 1. The minimum Gasteiger partial charge on any atom is -0.465 e. The first-order valence-electron chi connectivity index (χ1n) is 9.45. The molecule has 3 rings (SSSR count). The normalized spacial score (nSPS) is 18.1. The van der Waals surface area contributed by atoms with Crippen LogP contribution in [0.5, 0.6) is 0 Å². The summed E-state index contributed by atoms with van der Waals surface area (Å²) in [5, 5.41) is 2.69. The van der Waals surface area contributed by atoms with Gasteiger partial charge < -0.3 is 19.7 Å². The predicted molar refractivity (Wildman–Crippen MR) is 109 cm³/mol. The molecule has 162 valence electrons. The van der Waals surface area contributed by atoms with Crippen LogP contribution < -0.4 is 10.2 Å². The number of carbonyl (C=O) groups excluding carboxylic acids is 2. The molecular weight excluding hydrogens is 408 g/mol. The van der Waals surface area contributed by atoms with Gasteiger partial charge in [0.2, 0.25) is 0 Å². The van der Waals surface area contributed by atoms with E-state index >= 15 is 0 Å². The average Bonchev–Trinajstić information content (AvgIpc) is 2.80. The molecule has 1 atom stereocenters. The fourth-order valence-electron chi connectivity index (χ4n) is 3.55. The van der Waals surface area contributed by atoms with Crippen LogP contribution in [-0.4, -0.2) is 49.9 Å². The van der Waals surface area contributed by atoms with Crippen molar-refractivity contribution in [1.29, 1.82) is 0 Å². The van der Waals surface area contributed by atoms with Crippen molar-refractivity contribution >= 4 is 17.7 Å². The molecule has 9 heteroatoms. The Labute approximate surface area is 178 Å². The predicted octanol–water partition coefficient (Wildman–Crippen LogP) is 3.14. The monoisotopic (exact) mass is 429 g/mol. The average molecular weight is 429 g/mol. The Morgan fingerprint density at radius 1 is 1.23 bits per heavy atom. The van der Waals surface area contributed by atoms with Crippen LogP contribution in [0.15, 0.2) is 30.5 Å². The summed E-state index contributed by atoms with van der Waals surface area (Å²) in [4.78, 5) is 30.4. The zero-order valence-corrected chi connectivity index (χ0v) is 17.1. The molecule has 1 fully saturated rings. The van der Waals surface area contributed by atoms with Crippen LogP contribution in [0.25, 0.3) is 11.3 Å². The van der Waals surface area contributed by atoms with Gasteiger partial charge in [0.1, 0.15) is 5.54 Å². The van der Waals surface area contributed by atoms with Gasteiger partial charge in [0, 0.05) is 12.1 Å². The lowest BCUT2D eigenvalue weighted by atomic mass is 9.89. The molecule has 1 N–H and O–H groups in total. The third kappa shape index (κ3) is 4.58. The second kappa shape index (κ2) is 9.00. The van der Waals surface area contributed by atoms with E-state index in [4.69, 9.17) is 11.2 Å². The van der Waals surface area contributed by atoms with Gasteiger partial charge in [0.15, 0.2) is 11.6 Å². The van der Waals surface area contributed by atoms with Crippen LogP contribution in [0.2, 0.25) is 0 Å². The van der Waals surface area contributed by atoms with E-state index in [1.807, 2.05) is 4.90 Å². The van der Waals surface area contributed by atoms with Crippen molar-refractivity contribution in [3.63, 3.8) is 0 Å². The summed E-state index contributed by atoms with van der Waals surface area (Å²) in [5.74, 6) is -0.00193. The Balaban J connectivity index is 2.00. The van der Waals surface area contributed by atoms with E-state index in [9.17, 15) is 18.4 Å². The molecule has 1 aromatic heterocycles. The molecule has 2 aromatic rings. The molecule has 0 radical (unpaired) electrons. The maximum atomic E-state index is 13.7. The fourth-order valence-corrected chi connectivity index (χ4v) is 3.55. The Morgan fingerprint density at radius 2 is 2.00 bits per heavy atom. The van der Waals surface area contributed by atoms with Crippen molar-refractivity contribution in [3.05, 3.63) is 47.7 Å². The highest BCUT2D eigenvalue weighted by atomic mass is 19.2. The summed E-state index contributed by atoms with van der Waals surface area (Å²) in [6.45, 7) is 0.775. The Morgan fingerprint density at radius 3 is 2.65 bits per heavy atom. The molecule has 0 bridgehead atoms. The molecule has 1 saturated heterocycles. The molecule has 1 amide bonds. The molecule has 1 aliphatic rings. The number of rotatable bonds is 4. The third-order valence-corrected chi connectivity index (χ3v) is 5.14. The number of anilines is 1. The number of hydrogen-bond donors (Lipinski definition) is 1. The highest BCUT2D eigenvalue weighted by Gasteiger charge is 2.37. The van der Waals surface area contributed by atoms with E-state index in [0.717, 1.165) is 12.1 Å². The second-order valence-electron chi connectivity index (χ2n) is 7.08. The lowest BCUT2D eigenvalue weighted by Gasteiger charge is -2.41. The number of carbonyl (C=O) groups is 2. The molecule has 0 aliphatic carbocycles. The van der Waals surface area contributed by atoms with Crippen molar-refractivity contribution in [3.8, 4) is 23.6 Å². The van der Waals surface area contributed by atoms with E-state index in [2.05, 4.69) is 21.0 Å². The number of terminal acetylenes is 1. The Bertz CT molecular complexity index is 1050. The minimum absolute atomic E-state index is 0.183. The fraction of sp³-hybridized carbons (Fsp3) is 0.318. The highest BCUT2D eigenvalue weighted by molar-refractivity contribution is 5.97. The lowest BCUT2D eigenvalue weighted by molar-refractivity contribution is 0.0601. The molecule has 1 unspecified atom stereocenters. The number of piperidine rings is 1. The summed E-state index contributed by atoms with van der Waals surface area (Å²) >= 11 is 0. The van der Waals surface area contributed by atoms with Crippen molar-refractivity contribution in [2.24, 2.45) is 0 Å². The Hall–Kier alpha value is -3.67. The van der Waals surface area contributed by atoms with Crippen LogP contribution in [0.1, 0.15) is 23.2 Å². The van der Waals surface area contributed by atoms with Crippen molar-refractivity contribution in [2.75, 3.05) is 32.2 Å². The first-order chi connectivity index (χ1) is 14.8. The number of alkyl carbamates (subject to hydrolysis) is 1. The van der Waals surface area contributed by atoms with Gasteiger partial charge in [0.25, 0.3) is 0 Å². The lowest BCUT2D eigenvalue weighted by Crippen LogP contribution is -2.58. The topological polar surface area (TPSA) is 80.8 Å². The molecule has 31 heavy (non-hydrogen) atoms. The SMILES string of the molecule is C#CC1(NC(=O)OC)CCCN(c2cnc(-c3ccc(F)c(F)c3)cc2C(=O)OC)C1. The second-order valence-corrected chi connectivity index (χ2v) is 7.08. The number of methoxy groups -OCH3 is 2. The number of benzene rings is 1. The molecular formula is C22H21F2N3O4. The van der Waals surface area contributed by atoms with Gasteiger partial charge in [-0.1, -0.05) is 5.92 Å². The van der Waals surface area contributed by atoms with Gasteiger partial charge in [0.05, 0.1) is 43.9 Å². The van der Waals surface area contributed by atoms with Crippen molar-refractivity contribution < 1.29 is 27.8 Å². The summed E-state index contributed by atoms with van der Waals surface area (Å²) in [7, 11) is 2.49. The van der Waals surface area contributed by atoms with Gasteiger partial charge in [-0.25, -0.2) is 18.4 Å².